The number of unbranched alkanes of at least 4 members (excludes halogenated alkanes) is 15. The van der Waals surface area contributed by atoms with Crippen LogP contribution in [0.2, 0.25) is 0 Å². The minimum absolute atomic E-state index is 0.179. The van der Waals surface area contributed by atoms with E-state index in [9.17, 15) is 19.7 Å². The predicted molar refractivity (Wildman–Crippen MR) is 230 cm³/mol. The Bertz CT molecular complexity index is 1760. The fourth-order valence-corrected chi connectivity index (χ4v) is 8.99. The van der Waals surface area contributed by atoms with Gasteiger partial charge in [-0.1, -0.05) is 121 Å². The van der Waals surface area contributed by atoms with Gasteiger partial charge in [-0.15, -0.1) is 0 Å². The van der Waals surface area contributed by atoms with Crippen LogP contribution in [0, 0.1) is 0 Å². The molecule has 14 nitrogen and oxygen atoms in total. The van der Waals surface area contributed by atoms with Crippen LogP contribution in [0.5, 0.6) is 0 Å². The Morgan fingerprint density at radius 3 is 2.27 bits per heavy atom. The van der Waals surface area contributed by atoms with E-state index in [0.717, 1.165) is 37.7 Å². The predicted octanol–water partition coefficient (Wildman–Crippen LogP) is 7.81. The van der Waals surface area contributed by atoms with Gasteiger partial charge in [-0.3, -0.25) is 14.0 Å². The molecule has 5 N–H and O–H groups in total. The summed E-state index contributed by atoms with van der Waals surface area (Å²) in [5.41, 5.74) is 8.86. The number of hydrogen-bond acceptors (Lipinski definition) is 12. The molecule has 5 rings (SSSR count). The van der Waals surface area contributed by atoms with Gasteiger partial charge in [0.25, 0.3) is 0 Å². The van der Waals surface area contributed by atoms with Crippen LogP contribution in [0.4, 0.5) is 5.82 Å². The molecule has 15 heteroatoms. The molecule has 330 valence electrons. The highest BCUT2D eigenvalue weighted by molar-refractivity contribution is 7.47. The summed E-state index contributed by atoms with van der Waals surface area (Å²) in [6, 6.07) is 9.66. The Morgan fingerprint density at radius 2 is 1.59 bits per heavy atom. The number of aromatic nitrogens is 3. The number of phosphoric acid groups is 1. The molecule has 1 unspecified atom stereocenters. The molecule has 1 aliphatic heterocycles. The SMILES string of the molecule is CCCCCCCCCCCCCCCCCCOC[C@H](COP(=O)(O)OC[C@H]1O[C@@](C=NC)(c2ccc3c(N)ncnn23)[C@H](O)[C@@H]1O)OCc1ccc2c(c1)CCC2. The Balaban J connectivity index is 1.04. The molecule has 2 aromatic heterocycles. The van der Waals surface area contributed by atoms with Gasteiger partial charge in [0.2, 0.25) is 0 Å². The number of fused-ring (bicyclic) bond motifs is 2. The molecule has 1 aliphatic carbocycles. The molecule has 1 fully saturated rings. The monoisotopic (exact) mass is 843 g/mol. The van der Waals surface area contributed by atoms with Crippen molar-refractivity contribution in [3.8, 4) is 0 Å². The summed E-state index contributed by atoms with van der Waals surface area (Å²) in [7, 11) is -3.18. The second kappa shape index (κ2) is 24.6. The van der Waals surface area contributed by atoms with E-state index >= 15 is 0 Å². The van der Waals surface area contributed by atoms with E-state index < -0.39 is 44.4 Å². The number of nitrogen functional groups attached to an aromatic ring is 1. The molecule has 1 saturated heterocycles. The van der Waals surface area contributed by atoms with Crippen molar-refractivity contribution in [2.75, 3.05) is 39.2 Å². The van der Waals surface area contributed by atoms with Gasteiger partial charge in [0.05, 0.1) is 32.1 Å². The summed E-state index contributed by atoms with van der Waals surface area (Å²) in [5.74, 6) is 0.210. The standard InChI is InChI=1S/C44H70N5O9P/c1-3-4-5-6-7-8-9-10-11-12-13-14-15-16-17-18-26-54-29-37(55-28-34-22-23-35-20-19-21-36(35)27-34)30-56-59(52,53)57-31-39-41(50)42(51)44(58-39,32-46-2)40-25-24-38-43(45)47-33-48-49(38)40/h22-25,27,32-33,37,39,41-42,50-51H,3-21,26,28-31H2,1-2H3,(H,52,53)(H2,45,47,48)/t37-,39-,41-,42-,44+/m1/s1. The molecule has 2 aliphatic rings. The van der Waals surface area contributed by atoms with E-state index in [1.54, 1.807) is 12.1 Å². The van der Waals surface area contributed by atoms with Gasteiger partial charge < -0.3 is 35.1 Å². The topological polar surface area (TPSA) is 192 Å². The van der Waals surface area contributed by atoms with Gasteiger partial charge in [0.1, 0.15) is 36.3 Å². The summed E-state index contributed by atoms with van der Waals surface area (Å²) in [5, 5.41) is 26.5. The molecule has 0 amide bonds. The van der Waals surface area contributed by atoms with Gasteiger partial charge in [-0.05, 0) is 54.5 Å². The molecule has 0 spiro atoms. The molecule has 0 bridgehead atoms. The first-order valence-corrected chi connectivity index (χ1v) is 23.6. The number of phosphoric ester groups is 1. The summed E-state index contributed by atoms with van der Waals surface area (Å²) >= 11 is 0. The van der Waals surface area contributed by atoms with E-state index in [1.807, 2.05) is 0 Å². The van der Waals surface area contributed by atoms with E-state index in [0.29, 0.717) is 24.4 Å². The third kappa shape index (κ3) is 14.1. The van der Waals surface area contributed by atoms with Crippen LogP contribution >= 0.6 is 7.82 Å². The Kier molecular flexibility index (Phi) is 19.7. The van der Waals surface area contributed by atoms with Crippen molar-refractivity contribution in [2.24, 2.45) is 4.99 Å². The molecule has 0 radical (unpaired) electrons. The average Bonchev–Trinajstić information content (AvgIpc) is 3.95. The van der Waals surface area contributed by atoms with E-state index in [-0.39, 0.29) is 19.0 Å². The number of aryl methyl sites for hydroxylation is 2. The van der Waals surface area contributed by atoms with Gasteiger partial charge in [-0.2, -0.15) is 5.10 Å². The van der Waals surface area contributed by atoms with Crippen LogP contribution in [-0.4, -0.2) is 93.8 Å². The molecule has 3 heterocycles. The zero-order chi connectivity index (χ0) is 41.9. The maximum absolute atomic E-state index is 13.2. The normalized spacial score (nSPS) is 22.1. The Morgan fingerprint density at radius 1 is 0.932 bits per heavy atom. The maximum atomic E-state index is 13.2. The number of nitrogens with two attached hydrogens (primary N) is 1. The zero-order valence-corrected chi connectivity index (χ0v) is 36.3. The summed E-state index contributed by atoms with van der Waals surface area (Å²) in [6.45, 7) is 2.47. The molecule has 6 atom stereocenters. The number of nitrogens with zero attached hydrogens (tertiary/aromatic N) is 4. The second-order valence-electron chi connectivity index (χ2n) is 16.3. The minimum Gasteiger partial charge on any atom is -0.387 e. The molecule has 0 saturated carbocycles. The first-order valence-electron chi connectivity index (χ1n) is 22.1. The third-order valence-electron chi connectivity index (χ3n) is 11.6. The number of benzene rings is 1. The minimum atomic E-state index is -4.68. The fraction of sp³-hybridized carbons (Fsp3) is 0.705. The van der Waals surface area contributed by atoms with Crippen molar-refractivity contribution in [2.45, 2.75) is 166 Å². The number of aliphatic imine (C=N–C) groups is 1. The van der Waals surface area contributed by atoms with Crippen LogP contribution in [0.25, 0.3) is 5.52 Å². The van der Waals surface area contributed by atoms with E-state index in [2.05, 4.69) is 40.2 Å². The van der Waals surface area contributed by atoms with Crippen molar-refractivity contribution in [1.29, 1.82) is 0 Å². The van der Waals surface area contributed by atoms with Crippen LogP contribution in [-0.2, 0) is 52.9 Å². The highest BCUT2D eigenvalue weighted by Gasteiger charge is 2.56. The molecule has 1 aromatic carbocycles. The van der Waals surface area contributed by atoms with Crippen molar-refractivity contribution in [3.63, 3.8) is 0 Å². The second-order valence-corrected chi connectivity index (χ2v) is 17.7. The van der Waals surface area contributed by atoms with Crippen LogP contribution in [0.3, 0.4) is 0 Å². The molecular weight excluding hydrogens is 773 g/mol. The van der Waals surface area contributed by atoms with Crippen molar-refractivity contribution in [3.05, 3.63) is 59.0 Å². The number of aliphatic hydroxyl groups excluding tert-OH is 2. The average molecular weight is 844 g/mol. The third-order valence-corrected chi connectivity index (χ3v) is 12.6. The van der Waals surface area contributed by atoms with Gasteiger partial charge in [0.15, 0.2) is 11.4 Å². The van der Waals surface area contributed by atoms with Crippen molar-refractivity contribution in [1.82, 2.24) is 14.6 Å². The first-order chi connectivity index (χ1) is 28.7. The lowest BCUT2D eigenvalue weighted by molar-refractivity contribution is -0.0626. The Hall–Kier alpha value is -2.78. The number of ether oxygens (including phenoxy) is 3. The van der Waals surface area contributed by atoms with Crippen molar-refractivity contribution >= 4 is 25.4 Å². The molecular formula is C44H70N5O9P. The maximum Gasteiger partial charge on any atom is 0.472 e. The van der Waals surface area contributed by atoms with Crippen molar-refractivity contribution < 1.29 is 42.9 Å². The smallest absolute Gasteiger partial charge is 0.387 e. The quantitative estimate of drug-likeness (QED) is 0.0290. The largest absolute Gasteiger partial charge is 0.472 e. The number of aliphatic hydroxyl groups is 2. The van der Waals surface area contributed by atoms with E-state index in [1.165, 1.54) is 125 Å². The highest BCUT2D eigenvalue weighted by Crippen LogP contribution is 2.46. The first kappa shape index (κ1) is 47.3. The zero-order valence-electron chi connectivity index (χ0n) is 35.4. The highest BCUT2D eigenvalue weighted by atomic mass is 31.2. The van der Waals surface area contributed by atoms with Crippen LogP contribution in [0.1, 0.15) is 138 Å². The lowest BCUT2D eigenvalue weighted by Gasteiger charge is -2.27. The van der Waals surface area contributed by atoms with Gasteiger partial charge >= 0.3 is 7.82 Å². The lowest BCUT2D eigenvalue weighted by Crippen LogP contribution is -2.43. The van der Waals surface area contributed by atoms with Gasteiger partial charge in [-0.25, -0.2) is 14.1 Å². The van der Waals surface area contributed by atoms with Crippen LogP contribution in [0.15, 0.2) is 41.7 Å². The lowest BCUT2D eigenvalue weighted by atomic mass is 9.92. The van der Waals surface area contributed by atoms with Gasteiger partial charge in [0, 0.05) is 19.9 Å². The number of rotatable bonds is 30. The number of anilines is 1. The van der Waals surface area contributed by atoms with E-state index in [4.69, 9.17) is 29.0 Å². The Labute approximate surface area is 350 Å². The number of hydrogen-bond donors (Lipinski definition) is 4. The fourth-order valence-electron chi connectivity index (χ4n) is 8.23. The molecule has 3 aromatic rings. The van der Waals surface area contributed by atoms with Crippen LogP contribution < -0.4 is 5.73 Å². The molecule has 59 heavy (non-hydrogen) atoms. The summed E-state index contributed by atoms with van der Waals surface area (Å²) in [4.78, 5) is 18.8. The summed E-state index contributed by atoms with van der Waals surface area (Å²) in [6.07, 6.45) is 21.8. The summed E-state index contributed by atoms with van der Waals surface area (Å²) < 4.78 is 43.7.